The van der Waals surface area contributed by atoms with Crippen LogP contribution in [-0.2, 0) is 6.54 Å². The van der Waals surface area contributed by atoms with Gasteiger partial charge in [0.05, 0.1) is 10.0 Å². The van der Waals surface area contributed by atoms with Crippen LogP contribution in [0.25, 0.3) is 0 Å². The van der Waals surface area contributed by atoms with Crippen molar-refractivity contribution < 1.29 is 0 Å². The quantitative estimate of drug-likeness (QED) is 0.910. The van der Waals surface area contributed by atoms with Gasteiger partial charge in [-0.3, -0.25) is 4.90 Å². The fourth-order valence-corrected chi connectivity index (χ4v) is 2.86. The second-order valence-corrected chi connectivity index (χ2v) is 5.61. The van der Waals surface area contributed by atoms with Crippen LogP contribution in [0, 0.1) is 0 Å². The van der Waals surface area contributed by atoms with Crippen molar-refractivity contribution in [1.82, 2.24) is 10.2 Å². The smallest absolute Gasteiger partial charge is 0.0595 e. The van der Waals surface area contributed by atoms with Crippen molar-refractivity contribution in [3.63, 3.8) is 0 Å². The predicted octanol–water partition coefficient (Wildman–Crippen LogP) is 3.57. The highest BCUT2D eigenvalue weighted by atomic mass is 35.5. The molecule has 1 fully saturated rings. The highest BCUT2D eigenvalue weighted by Crippen LogP contribution is 2.24. The van der Waals surface area contributed by atoms with E-state index in [-0.39, 0.29) is 0 Å². The molecule has 1 N–H and O–H groups in total. The lowest BCUT2D eigenvalue weighted by Crippen LogP contribution is -2.42. The van der Waals surface area contributed by atoms with E-state index in [9.17, 15) is 0 Å². The first kappa shape index (κ1) is 14.1. The van der Waals surface area contributed by atoms with Crippen LogP contribution in [0.5, 0.6) is 0 Å². The lowest BCUT2D eigenvalue weighted by atomic mass is 10.0. The number of nitrogens with zero attached hydrogens (tertiary/aromatic N) is 1. The van der Waals surface area contributed by atoms with E-state index < -0.39 is 0 Å². The summed E-state index contributed by atoms with van der Waals surface area (Å²) in [6, 6.07) is 6.62. The van der Waals surface area contributed by atoms with Crippen LogP contribution >= 0.6 is 23.2 Å². The van der Waals surface area contributed by atoms with Crippen molar-refractivity contribution >= 4 is 23.2 Å². The molecule has 0 radical (unpaired) electrons. The van der Waals surface area contributed by atoms with Gasteiger partial charge < -0.3 is 5.32 Å². The Morgan fingerprint density at radius 2 is 1.94 bits per heavy atom. The first-order valence-electron chi connectivity index (χ1n) is 6.59. The Bertz CT molecular complexity index is 389. The summed E-state index contributed by atoms with van der Waals surface area (Å²) in [5.74, 6) is 0. The Morgan fingerprint density at radius 1 is 1.22 bits per heavy atom. The molecule has 100 valence electrons. The van der Waals surface area contributed by atoms with E-state index in [1.807, 2.05) is 12.1 Å². The maximum atomic E-state index is 6.07. The molecule has 0 aromatic heterocycles. The van der Waals surface area contributed by atoms with Crippen LogP contribution in [0.15, 0.2) is 18.2 Å². The van der Waals surface area contributed by atoms with E-state index in [1.165, 1.54) is 18.4 Å². The molecule has 0 atom stereocenters. The summed E-state index contributed by atoms with van der Waals surface area (Å²) in [6.07, 6.45) is 2.46. The molecule has 0 unspecified atom stereocenters. The first-order chi connectivity index (χ1) is 8.70. The van der Waals surface area contributed by atoms with Crippen molar-refractivity contribution in [3.05, 3.63) is 33.8 Å². The Labute approximate surface area is 119 Å². The molecule has 1 aliphatic rings. The number of halogens is 2. The SMILES string of the molecule is CCN(Cc1ccc(Cl)c(Cl)c1)C1CCNCC1. The van der Waals surface area contributed by atoms with Gasteiger partial charge in [0.1, 0.15) is 0 Å². The third-order valence-corrected chi connectivity index (χ3v) is 4.34. The second kappa shape index (κ2) is 6.76. The molecular formula is C14H20Cl2N2. The predicted molar refractivity (Wildman–Crippen MR) is 78.4 cm³/mol. The first-order valence-corrected chi connectivity index (χ1v) is 7.35. The highest BCUT2D eigenvalue weighted by molar-refractivity contribution is 6.42. The van der Waals surface area contributed by atoms with Crippen LogP contribution in [0.2, 0.25) is 10.0 Å². The monoisotopic (exact) mass is 286 g/mol. The minimum absolute atomic E-state index is 0.630. The van der Waals surface area contributed by atoms with Gasteiger partial charge >= 0.3 is 0 Å². The summed E-state index contributed by atoms with van der Waals surface area (Å²) in [7, 11) is 0. The van der Waals surface area contributed by atoms with Crippen LogP contribution in [-0.4, -0.2) is 30.6 Å². The molecule has 0 spiro atoms. The molecule has 18 heavy (non-hydrogen) atoms. The van der Waals surface area contributed by atoms with Crippen molar-refractivity contribution in [1.29, 1.82) is 0 Å². The van der Waals surface area contributed by atoms with Crippen LogP contribution in [0.1, 0.15) is 25.3 Å². The van der Waals surface area contributed by atoms with Crippen molar-refractivity contribution in [2.75, 3.05) is 19.6 Å². The molecule has 0 bridgehead atoms. The van der Waals surface area contributed by atoms with Gasteiger partial charge in [0, 0.05) is 12.6 Å². The zero-order valence-electron chi connectivity index (χ0n) is 10.8. The molecule has 4 heteroatoms. The highest BCUT2D eigenvalue weighted by Gasteiger charge is 2.19. The average Bonchev–Trinajstić information content (AvgIpc) is 2.41. The normalized spacial score (nSPS) is 17.3. The standard InChI is InChI=1S/C14H20Cl2N2/c1-2-18(12-5-7-17-8-6-12)10-11-3-4-13(15)14(16)9-11/h3-4,9,12,17H,2,5-8,10H2,1H3. The fourth-order valence-electron chi connectivity index (χ4n) is 2.54. The molecule has 1 aromatic rings. The largest absolute Gasteiger partial charge is 0.317 e. The molecule has 0 aliphatic carbocycles. The Morgan fingerprint density at radius 3 is 2.56 bits per heavy atom. The number of hydrogen-bond donors (Lipinski definition) is 1. The maximum Gasteiger partial charge on any atom is 0.0595 e. The molecule has 2 nitrogen and oxygen atoms in total. The molecule has 1 aromatic carbocycles. The third-order valence-electron chi connectivity index (χ3n) is 3.60. The lowest BCUT2D eigenvalue weighted by molar-refractivity contribution is 0.162. The van der Waals surface area contributed by atoms with Gasteiger partial charge in [-0.25, -0.2) is 0 Å². The molecule has 1 heterocycles. The van der Waals surface area contributed by atoms with E-state index in [1.54, 1.807) is 0 Å². The van der Waals surface area contributed by atoms with Gasteiger partial charge in [0.2, 0.25) is 0 Å². The van der Waals surface area contributed by atoms with Crippen LogP contribution < -0.4 is 5.32 Å². The average molecular weight is 287 g/mol. The molecule has 2 rings (SSSR count). The number of rotatable bonds is 4. The topological polar surface area (TPSA) is 15.3 Å². The molecule has 0 amide bonds. The zero-order valence-corrected chi connectivity index (χ0v) is 12.3. The summed E-state index contributed by atoms with van der Waals surface area (Å²) >= 11 is 12.0. The summed E-state index contributed by atoms with van der Waals surface area (Å²) in [6.45, 7) is 6.51. The Balaban J connectivity index is 2.02. The van der Waals surface area contributed by atoms with Gasteiger partial charge in [-0.05, 0) is 50.2 Å². The third kappa shape index (κ3) is 3.61. The molecule has 0 saturated carbocycles. The van der Waals surface area contributed by atoms with Gasteiger partial charge in [-0.15, -0.1) is 0 Å². The second-order valence-electron chi connectivity index (χ2n) is 4.79. The molecule has 1 aliphatic heterocycles. The number of nitrogens with one attached hydrogen (secondary N) is 1. The van der Waals surface area contributed by atoms with E-state index in [0.29, 0.717) is 16.1 Å². The maximum absolute atomic E-state index is 6.07. The Kier molecular flexibility index (Phi) is 5.31. The van der Waals surface area contributed by atoms with Crippen molar-refractivity contribution in [2.24, 2.45) is 0 Å². The fraction of sp³-hybridized carbons (Fsp3) is 0.571. The summed E-state index contributed by atoms with van der Waals surface area (Å²) < 4.78 is 0. The van der Waals surface area contributed by atoms with Crippen molar-refractivity contribution in [2.45, 2.75) is 32.4 Å². The number of hydrogen-bond acceptors (Lipinski definition) is 2. The summed E-state index contributed by atoms with van der Waals surface area (Å²) in [5, 5.41) is 4.69. The summed E-state index contributed by atoms with van der Waals surface area (Å²) in [5.41, 5.74) is 1.24. The van der Waals surface area contributed by atoms with E-state index >= 15 is 0 Å². The van der Waals surface area contributed by atoms with Gasteiger partial charge in [0.15, 0.2) is 0 Å². The van der Waals surface area contributed by atoms with Crippen LogP contribution in [0.3, 0.4) is 0 Å². The van der Waals surface area contributed by atoms with Gasteiger partial charge in [-0.2, -0.15) is 0 Å². The minimum atomic E-state index is 0.630. The number of piperidine rings is 1. The Hall–Kier alpha value is -0.280. The van der Waals surface area contributed by atoms with Gasteiger partial charge in [0.25, 0.3) is 0 Å². The number of benzene rings is 1. The zero-order chi connectivity index (χ0) is 13.0. The van der Waals surface area contributed by atoms with Crippen molar-refractivity contribution in [3.8, 4) is 0 Å². The minimum Gasteiger partial charge on any atom is -0.317 e. The van der Waals surface area contributed by atoms with E-state index in [4.69, 9.17) is 23.2 Å². The van der Waals surface area contributed by atoms with E-state index in [2.05, 4.69) is 23.2 Å². The van der Waals surface area contributed by atoms with E-state index in [0.717, 1.165) is 26.2 Å². The summed E-state index contributed by atoms with van der Waals surface area (Å²) in [4.78, 5) is 2.53. The lowest BCUT2D eigenvalue weighted by Gasteiger charge is -2.34. The van der Waals surface area contributed by atoms with Crippen LogP contribution in [0.4, 0.5) is 0 Å². The molecule has 1 saturated heterocycles. The van der Waals surface area contributed by atoms with Gasteiger partial charge in [-0.1, -0.05) is 36.2 Å². The molecular weight excluding hydrogens is 267 g/mol.